The van der Waals surface area contributed by atoms with Crippen molar-refractivity contribution in [2.45, 2.75) is 25.3 Å². The van der Waals surface area contributed by atoms with Crippen LogP contribution in [0.15, 0.2) is 24.3 Å². The Morgan fingerprint density at radius 1 is 1.09 bits per heavy atom. The van der Waals surface area contributed by atoms with Crippen molar-refractivity contribution >= 4 is 20.4 Å². The first-order valence-corrected chi connectivity index (χ1v) is 9.76. The maximum atomic E-state index is 11.7. The highest BCUT2D eigenvalue weighted by Gasteiger charge is 2.36. The van der Waals surface area contributed by atoms with Crippen LogP contribution in [0.25, 0.3) is 0 Å². The van der Waals surface area contributed by atoms with Gasteiger partial charge < -0.3 is 22.9 Å². The van der Waals surface area contributed by atoms with Crippen LogP contribution in [0.5, 0.6) is 5.75 Å². The molecule has 0 N–H and O–H groups in total. The third-order valence-electron chi connectivity index (χ3n) is 4.05. The minimum absolute atomic E-state index is 0.193. The van der Waals surface area contributed by atoms with E-state index in [-0.39, 0.29) is 5.91 Å². The van der Waals surface area contributed by atoms with E-state index in [0.29, 0.717) is 19.1 Å². The number of anilines is 1. The Morgan fingerprint density at radius 2 is 1.74 bits per heavy atom. The van der Waals surface area contributed by atoms with Crippen LogP contribution < -0.4 is 9.64 Å². The molecule has 0 aromatic heterocycles. The molecule has 1 aromatic rings. The molecule has 2 rings (SSSR count). The summed E-state index contributed by atoms with van der Waals surface area (Å²) < 4.78 is 21.8. The third-order valence-corrected chi connectivity index (χ3v) is 6.88. The van der Waals surface area contributed by atoms with Crippen LogP contribution >= 0.6 is 0 Å². The second-order valence-corrected chi connectivity index (χ2v) is 8.48. The third kappa shape index (κ3) is 4.54. The normalized spacial score (nSPS) is 15.3. The van der Waals surface area contributed by atoms with E-state index in [9.17, 15) is 4.79 Å². The Labute approximate surface area is 138 Å². The lowest BCUT2D eigenvalue weighted by atomic mass is 10.3. The fourth-order valence-corrected chi connectivity index (χ4v) is 4.37. The summed E-state index contributed by atoms with van der Waals surface area (Å²) in [4.78, 5) is 13.5. The van der Waals surface area contributed by atoms with Crippen molar-refractivity contribution in [3.05, 3.63) is 24.3 Å². The van der Waals surface area contributed by atoms with Crippen LogP contribution in [0.2, 0.25) is 6.04 Å². The number of carbonyl (C=O) groups excluding carboxylic acids is 1. The lowest BCUT2D eigenvalue weighted by Gasteiger charge is -2.24. The summed E-state index contributed by atoms with van der Waals surface area (Å²) in [6, 6.07) is 8.36. The first kappa shape index (κ1) is 17.9. The van der Waals surface area contributed by atoms with Crippen molar-refractivity contribution in [2.75, 3.05) is 39.4 Å². The molecule has 0 radical (unpaired) electrons. The van der Waals surface area contributed by atoms with E-state index < -0.39 is 8.80 Å². The molecule has 1 amide bonds. The Hall–Kier alpha value is -1.41. The molecule has 0 atom stereocenters. The molecule has 0 bridgehead atoms. The molecule has 1 aromatic carbocycles. The van der Waals surface area contributed by atoms with E-state index in [1.807, 2.05) is 29.2 Å². The van der Waals surface area contributed by atoms with Crippen LogP contribution in [0.1, 0.15) is 19.3 Å². The summed E-state index contributed by atoms with van der Waals surface area (Å²) in [5, 5.41) is 0. The van der Waals surface area contributed by atoms with E-state index >= 15 is 0 Å². The summed E-state index contributed by atoms with van der Waals surface area (Å²) >= 11 is 0. The number of hydrogen-bond acceptors (Lipinski definition) is 5. The van der Waals surface area contributed by atoms with Crippen molar-refractivity contribution in [3.63, 3.8) is 0 Å². The van der Waals surface area contributed by atoms with Gasteiger partial charge in [0.15, 0.2) is 0 Å². The van der Waals surface area contributed by atoms with Crippen molar-refractivity contribution in [2.24, 2.45) is 0 Å². The molecule has 1 fully saturated rings. The topological polar surface area (TPSA) is 57.2 Å². The van der Waals surface area contributed by atoms with Crippen molar-refractivity contribution in [1.82, 2.24) is 0 Å². The number of amides is 1. The maximum Gasteiger partial charge on any atom is 0.500 e. The van der Waals surface area contributed by atoms with Gasteiger partial charge in [-0.25, -0.2) is 0 Å². The molecule has 128 valence electrons. The van der Waals surface area contributed by atoms with Gasteiger partial charge in [0.1, 0.15) is 5.75 Å². The average Bonchev–Trinajstić information content (AvgIpc) is 3.02. The predicted octanol–water partition coefficient (Wildman–Crippen LogP) is 2.46. The van der Waals surface area contributed by atoms with E-state index in [0.717, 1.165) is 30.8 Å². The first-order chi connectivity index (χ1) is 11.1. The Bertz CT molecular complexity index is 495. The van der Waals surface area contributed by atoms with Gasteiger partial charge >= 0.3 is 8.80 Å². The highest BCUT2D eigenvalue weighted by atomic mass is 28.4. The van der Waals surface area contributed by atoms with E-state index in [2.05, 4.69) is 0 Å². The number of rotatable bonds is 9. The second-order valence-electron chi connectivity index (χ2n) is 5.39. The fourth-order valence-electron chi connectivity index (χ4n) is 2.68. The van der Waals surface area contributed by atoms with Gasteiger partial charge in [0.05, 0.1) is 6.61 Å². The van der Waals surface area contributed by atoms with Crippen LogP contribution in [0.4, 0.5) is 5.69 Å². The van der Waals surface area contributed by atoms with E-state index in [4.69, 9.17) is 18.0 Å². The number of nitrogens with zero attached hydrogens (tertiary/aromatic N) is 1. The summed E-state index contributed by atoms with van der Waals surface area (Å²) in [7, 11) is 2.31. The molecule has 1 heterocycles. The van der Waals surface area contributed by atoms with Gasteiger partial charge in [-0.3, -0.25) is 4.79 Å². The molecular formula is C16H25NO5Si. The zero-order valence-corrected chi connectivity index (χ0v) is 15.0. The second kappa shape index (κ2) is 8.44. The molecule has 23 heavy (non-hydrogen) atoms. The van der Waals surface area contributed by atoms with Crippen molar-refractivity contribution < 1.29 is 22.8 Å². The van der Waals surface area contributed by atoms with Crippen LogP contribution in [0.3, 0.4) is 0 Å². The summed E-state index contributed by atoms with van der Waals surface area (Å²) in [6.07, 6.45) is 2.36. The summed E-state index contributed by atoms with van der Waals surface area (Å²) in [6.45, 7) is 1.36. The molecule has 0 aliphatic carbocycles. The molecule has 0 saturated carbocycles. The lowest BCUT2D eigenvalue weighted by Crippen LogP contribution is -2.42. The zero-order valence-electron chi connectivity index (χ0n) is 14.0. The summed E-state index contributed by atoms with van der Waals surface area (Å²) in [5.41, 5.74) is 0.935. The molecule has 0 unspecified atom stereocenters. The molecule has 0 spiro atoms. The number of hydrogen-bond donors (Lipinski definition) is 0. The molecule has 1 saturated heterocycles. The van der Waals surface area contributed by atoms with Crippen LogP contribution in [0, 0.1) is 0 Å². The minimum Gasteiger partial charge on any atom is -0.494 e. The zero-order chi connectivity index (χ0) is 16.7. The van der Waals surface area contributed by atoms with Crippen molar-refractivity contribution in [3.8, 4) is 5.75 Å². The van der Waals surface area contributed by atoms with E-state index in [1.165, 1.54) is 0 Å². The van der Waals surface area contributed by atoms with Gasteiger partial charge in [0.25, 0.3) is 0 Å². The maximum absolute atomic E-state index is 11.7. The Morgan fingerprint density at radius 3 is 2.26 bits per heavy atom. The number of benzene rings is 1. The lowest BCUT2D eigenvalue weighted by molar-refractivity contribution is -0.117. The van der Waals surface area contributed by atoms with Gasteiger partial charge in [-0.1, -0.05) is 0 Å². The SMILES string of the molecule is CO[Si](CCCOc1ccc(N2CCCC2=O)cc1)(OC)OC. The predicted molar refractivity (Wildman–Crippen MR) is 89.7 cm³/mol. The van der Waals surface area contributed by atoms with Crippen LogP contribution in [-0.2, 0) is 18.1 Å². The largest absolute Gasteiger partial charge is 0.500 e. The molecule has 6 nitrogen and oxygen atoms in total. The summed E-state index contributed by atoms with van der Waals surface area (Å²) in [5.74, 6) is 0.985. The van der Waals surface area contributed by atoms with Gasteiger partial charge in [-0.2, -0.15) is 0 Å². The van der Waals surface area contributed by atoms with Crippen molar-refractivity contribution in [1.29, 1.82) is 0 Å². The minimum atomic E-state index is -2.51. The molecule has 1 aliphatic heterocycles. The first-order valence-electron chi connectivity index (χ1n) is 7.83. The smallest absolute Gasteiger partial charge is 0.494 e. The fraction of sp³-hybridized carbons (Fsp3) is 0.562. The number of carbonyl (C=O) groups is 1. The van der Waals surface area contributed by atoms with Gasteiger partial charge in [0, 0.05) is 46.0 Å². The molecule has 7 heteroatoms. The number of ether oxygens (including phenoxy) is 1. The molecule has 1 aliphatic rings. The highest BCUT2D eigenvalue weighted by molar-refractivity contribution is 6.60. The van der Waals surface area contributed by atoms with E-state index in [1.54, 1.807) is 21.3 Å². The monoisotopic (exact) mass is 339 g/mol. The quantitative estimate of drug-likeness (QED) is 0.511. The van der Waals surface area contributed by atoms with Gasteiger partial charge in [-0.15, -0.1) is 0 Å². The Kier molecular flexibility index (Phi) is 6.58. The molecular weight excluding hydrogens is 314 g/mol. The average molecular weight is 339 g/mol. The van der Waals surface area contributed by atoms with Crippen LogP contribution in [-0.4, -0.2) is 49.2 Å². The Balaban J connectivity index is 1.79. The van der Waals surface area contributed by atoms with Gasteiger partial charge in [0.2, 0.25) is 5.91 Å². The highest BCUT2D eigenvalue weighted by Crippen LogP contribution is 2.24. The standard InChI is InChI=1S/C16H25NO5Si/c1-19-23(20-2,21-3)13-5-12-22-15-9-7-14(8-10-15)17-11-4-6-16(17)18/h7-10H,4-6,11-13H2,1-3H3. The van der Waals surface area contributed by atoms with Gasteiger partial charge in [-0.05, 0) is 37.1 Å².